The van der Waals surface area contributed by atoms with E-state index in [2.05, 4.69) is 12.1 Å². The number of hydrogen-bond acceptors (Lipinski definition) is 9. The molecule has 42 heavy (non-hydrogen) atoms. The summed E-state index contributed by atoms with van der Waals surface area (Å²) in [5.74, 6) is -1.14. The monoisotopic (exact) mass is 607 g/mol. The summed E-state index contributed by atoms with van der Waals surface area (Å²) in [7, 11) is 3.38. The van der Waals surface area contributed by atoms with Crippen LogP contribution in [0.1, 0.15) is 60.9 Å². The zero-order valence-corrected chi connectivity index (χ0v) is 25.6. The van der Waals surface area contributed by atoms with Gasteiger partial charge in [0.1, 0.15) is 28.5 Å². The van der Waals surface area contributed by atoms with Crippen LogP contribution in [0.2, 0.25) is 5.02 Å². The maximum Gasteiger partial charge on any atom is 0.338 e. The van der Waals surface area contributed by atoms with E-state index < -0.39 is 11.9 Å². The number of hydrogen-bond donors (Lipinski definition) is 1. The van der Waals surface area contributed by atoms with Crippen LogP contribution in [-0.2, 0) is 31.9 Å². The summed E-state index contributed by atoms with van der Waals surface area (Å²) in [6.45, 7) is 1.85. The van der Waals surface area contributed by atoms with Crippen LogP contribution in [0.5, 0.6) is 0 Å². The molecule has 4 rings (SSSR count). The Morgan fingerprint density at radius 3 is 2.52 bits per heavy atom. The third kappa shape index (κ3) is 8.06. The molecule has 1 atom stereocenters. The number of benzene rings is 1. The number of carbonyl (C=O) groups is 2. The van der Waals surface area contributed by atoms with Crippen LogP contribution in [0.4, 0.5) is 0 Å². The second kappa shape index (κ2) is 15.9. The summed E-state index contributed by atoms with van der Waals surface area (Å²) >= 11 is 7.78. The average Bonchev–Trinajstić information content (AvgIpc) is 2.96. The molecule has 1 aromatic heterocycles. The zero-order chi connectivity index (χ0) is 30.6. The molecule has 1 unspecified atom stereocenters. The molecule has 0 bridgehead atoms. The van der Waals surface area contributed by atoms with Crippen LogP contribution >= 0.6 is 23.4 Å². The first kappa shape index (κ1) is 32.5. The van der Waals surface area contributed by atoms with Gasteiger partial charge >= 0.3 is 5.97 Å². The maximum absolute atomic E-state index is 13.2. The number of halogens is 1. The standard InChI is InChI=1S/C28H27ClN4O3S.C3H7NO/c1-2-35-28(34)25-23(36-26(32)20(15-31)24(25)19-10-7-8-11-21(19)29)16-37-27-18(14-30)13-17-9-5-3-4-6-12-22(17)33-27;1-4(2)3-5/h7-8,10-11,13,24H,2-6,9,12,16,32H2,1H3;3H,1-2H3. The molecule has 0 fully saturated rings. The fraction of sp³-hybridized carbons (Fsp3) is 0.387. The van der Waals surface area contributed by atoms with Crippen molar-refractivity contribution in [3.63, 3.8) is 0 Å². The summed E-state index contributed by atoms with van der Waals surface area (Å²) in [6.07, 6.45) is 7.05. The van der Waals surface area contributed by atoms with Crippen molar-refractivity contribution in [3.05, 3.63) is 80.5 Å². The van der Waals surface area contributed by atoms with Crippen molar-refractivity contribution < 1.29 is 19.1 Å². The van der Waals surface area contributed by atoms with E-state index in [0.717, 1.165) is 43.4 Å². The molecule has 11 heteroatoms. The number of nitrogens with two attached hydrogens (primary N) is 1. The fourth-order valence-electron chi connectivity index (χ4n) is 4.67. The van der Waals surface area contributed by atoms with E-state index in [0.29, 0.717) is 21.2 Å². The van der Waals surface area contributed by atoms with E-state index in [4.69, 9.17) is 31.8 Å². The number of aryl methyl sites for hydroxylation is 2. The van der Waals surface area contributed by atoms with Crippen molar-refractivity contribution in [3.8, 4) is 12.1 Å². The van der Waals surface area contributed by atoms with Gasteiger partial charge in [0, 0.05) is 24.8 Å². The Kier molecular flexibility index (Phi) is 12.3. The van der Waals surface area contributed by atoms with Crippen molar-refractivity contribution in [1.29, 1.82) is 10.5 Å². The van der Waals surface area contributed by atoms with Gasteiger partial charge in [-0.1, -0.05) is 54.4 Å². The van der Waals surface area contributed by atoms with Gasteiger partial charge in [-0.15, -0.1) is 0 Å². The molecule has 220 valence electrons. The second-order valence-corrected chi connectivity index (χ2v) is 11.2. The highest BCUT2D eigenvalue weighted by Gasteiger charge is 2.38. The number of allylic oxidation sites excluding steroid dienone is 1. The quantitative estimate of drug-likeness (QED) is 0.249. The van der Waals surface area contributed by atoms with Gasteiger partial charge in [0.15, 0.2) is 0 Å². The van der Waals surface area contributed by atoms with Crippen molar-refractivity contribution >= 4 is 35.7 Å². The fourth-order valence-corrected chi connectivity index (χ4v) is 5.83. The van der Waals surface area contributed by atoms with Gasteiger partial charge < -0.3 is 20.1 Å². The number of nitriles is 2. The Bertz CT molecular complexity index is 1460. The smallest absolute Gasteiger partial charge is 0.338 e. The van der Waals surface area contributed by atoms with Gasteiger partial charge in [-0.25, -0.2) is 9.78 Å². The molecule has 1 aromatic carbocycles. The number of esters is 1. The van der Waals surface area contributed by atoms with Crippen LogP contribution in [0.3, 0.4) is 0 Å². The van der Waals surface area contributed by atoms with Gasteiger partial charge in [-0.2, -0.15) is 10.5 Å². The minimum absolute atomic E-state index is 0.0850. The molecule has 2 aromatic rings. The molecule has 1 amide bonds. The number of carbonyl (C=O) groups excluding carboxylic acids is 2. The van der Waals surface area contributed by atoms with E-state index in [1.807, 2.05) is 6.07 Å². The van der Waals surface area contributed by atoms with E-state index in [1.165, 1.54) is 29.5 Å². The molecular formula is C31H34ClN5O4S. The van der Waals surface area contributed by atoms with E-state index >= 15 is 0 Å². The number of fused-ring (bicyclic) bond motifs is 1. The lowest BCUT2D eigenvalue weighted by molar-refractivity contribution is -0.139. The SMILES string of the molecule is CCOC(=O)C1=C(CSc2nc3c(cc2C#N)CCCCCC3)OC(N)=C(C#N)C1c1ccccc1Cl.CN(C)C=O. The molecule has 0 saturated heterocycles. The lowest BCUT2D eigenvalue weighted by Crippen LogP contribution is -2.27. The first-order chi connectivity index (χ1) is 20.2. The number of rotatable bonds is 7. The van der Waals surface area contributed by atoms with E-state index in [-0.39, 0.29) is 35.1 Å². The predicted octanol–water partition coefficient (Wildman–Crippen LogP) is 5.39. The molecular weight excluding hydrogens is 574 g/mol. The summed E-state index contributed by atoms with van der Waals surface area (Å²) < 4.78 is 11.2. The second-order valence-electron chi connectivity index (χ2n) is 9.83. The third-order valence-corrected chi connectivity index (χ3v) is 7.98. The van der Waals surface area contributed by atoms with Crippen LogP contribution in [0.15, 0.2) is 58.1 Å². The van der Waals surface area contributed by atoms with Crippen LogP contribution in [0.25, 0.3) is 0 Å². The summed E-state index contributed by atoms with van der Waals surface area (Å²) in [5, 5.41) is 20.7. The van der Waals surface area contributed by atoms with Gasteiger partial charge in [0.05, 0.1) is 29.4 Å². The van der Waals surface area contributed by atoms with Crippen LogP contribution in [-0.4, -0.2) is 48.7 Å². The normalized spacial score (nSPS) is 16.3. The Morgan fingerprint density at radius 2 is 1.90 bits per heavy atom. The largest absolute Gasteiger partial charge is 0.463 e. The van der Waals surface area contributed by atoms with E-state index in [9.17, 15) is 20.1 Å². The lowest BCUT2D eigenvalue weighted by Gasteiger charge is -2.28. The Balaban J connectivity index is 0.000000892. The Morgan fingerprint density at radius 1 is 1.21 bits per heavy atom. The molecule has 2 heterocycles. The maximum atomic E-state index is 13.2. The number of pyridine rings is 1. The predicted molar refractivity (Wildman–Crippen MR) is 161 cm³/mol. The molecule has 9 nitrogen and oxygen atoms in total. The van der Waals surface area contributed by atoms with Crippen LogP contribution < -0.4 is 5.73 Å². The molecule has 1 aliphatic carbocycles. The Labute approximate surface area is 255 Å². The molecule has 2 N–H and O–H groups in total. The molecule has 0 radical (unpaired) electrons. The minimum atomic E-state index is -0.846. The molecule has 1 aliphatic heterocycles. The number of nitrogens with zero attached hydrogens (tertiary/aromatic N) is 4. The van der Waals surface area contributed by atoms with Crippen molar-refractivity contribution in [2.45, 2.75) is 56.4 Å². The van der Waals surface area contributed by atoms with Crippen molar-refractivity contribution in [1.82, 2.24) is 9.88 Å². The molecule has 0 saturated carbocycles. The number of amides is 1. The number of ether oxygens (including phenoxy) is 2. The highest BCUT2D eigenvalue weighted by Crippen LogP contribution is 2.43. The Hall–Kier alpha value is -3.99. The molecule has 2 aliphatic rings. The van der Waals surface area contributed by atoms with E-state index in [1.54, 1.807) is 45.3 Å². The first-order valence-electron chi connectivity index (χ1n) is 13.6. The van der Waals surface area contributed by atoms with Crippen molar-refractivity contribution in [2.24, 2.45) is 5.73 Å². The number of thioether (sulfide) groups is 1. The lowest BCUT2D eigenvalue weighted by atomic mass is 9.83. The summed E-state index contributed by atoms with van der Waals surface area (Å²) in [4.78, 5) is 28.9. The summed E-state index contributed by atoms with van der Waals surface area (Å²) in [5.41, 5.74) is 9.61. The zero-order valence-electron chi connectivity index (χ0n) is 24.0. The van der Waals surface area contributed by atoms with Crippen molar-refractivity contribution in [2.75, 3.05) is 26.5 Å². The average molecular weight is 608 g/mol. The highest BCUT2D eigenvalue weighted by atomic mass is 35.5. The van der Waals surface area contributed by atoms with Crippen LogP contribution in [0, 0.1) is 22.7 Å². The minimum Gasteiger partial charge on any atom is -0.463 e. The van der Waals surface area contributed by atoms with Gasteiger partial charge in [0.25, 0.3) is 0 Å². The van der Waals surface area contributed by atoms with Gasteiger partial charge in [-0.3, -0.25) is 4.79 Å². The topological polar surface area (TPSA) is 142 Å². The van der Waals surface area contributed by atoms with Gasteiger partial charge in [-0.05, 0) is 55.9 Å². The summed E-state index contributed by atoms with van der Waals surface area (Å²) in [6, 6.07) is 13.3. The first-order valence-corrected chi connectivity index (χ1v) is 15.0. The van der Waals surface area contributed by atoms with Gasteiger partial charge in [0.2, 0.25) is 12.3 Å². The number of aromatic nitrogens is 1. The third-order valence-electron chi connectivity index (χ3n) is 6.65. The molecule has 0 spiro atoms. The highest BCUT2D eigenvalue weighted by molar-refractivity contribution is 7.99.